The zero-order valence-corrected chi connectivity index (χ0v) is 15.9. The fraction of sp³-hybridized carbons (Fsp3) is 0.222. The van der Waals surface area contributed by atoms with Crippen molar-refractivity contribution in [2.75, 3.05) is 19.7 Å². The first-order valence-corrected chi connectivity index (χ1v) is 9.54. The van der Waals surface area contributed by atoms with E-state index in [0.717, 1.165) is 6.29 Å². The van der Waals surface area contributed by atoms with Crippen LogP contribution in [0.1, 0.15) is 5.56 Å². The Hall–Kier alpha value is -1.91. The second kappa shape index (κ2) is 7.77. The van der Waals surface area contributed by atoms with E-state index in [2.05, 4.69) is 0 Å². The van der Waals surface area contributed by atoms with Crippen LogP contribution < -0.4 is 4.74 Å². The van der Waals surface area contributed by atoms with Gasteiger partial charge < -0.3 is 9.53 Å². The van der Waals surface area contributed by atoms with Gasteiger partial charge in [0, 0.05) is 18.1 Å². The predicted molar refractivity (Wildman–Crippen MR) is 99.6 cm³/mol. The number of ether oxygens (including phenoxy) is 1. The van der Waals surface area contributed by atoms with E-state index in [4.69, 9.17) is 33.2 Å². The molecule has 0 N–H and O–H groups in total. The van der Waals surface area contributed by atoms with Crippen molar-refractivity contribution in [2.24, 2.45) is 5.41 Å². The van der Waals surface area contributed by atoms with Gasteiger partial charge in [0.05, 0.1) is 27.0 Å². The van der Waals surface area contributed by atoms with Gasteiger partial charge >= 0.3 is 0 Å². The Bertz CT molecular complexity index is 890. The summed E-state index contributed by atoms with van der Waals surface area (Å²) < 4.78 is 20.0. The Kier molecular flexibility index (Phi) is 5.64. The van der Waals surface area contributed by atoms with Crippen LogP contribution in [0, 0.1) is 16.7 Å². The van der Waals surface area contributed by atoms with E-state index in [1.165, 1.54) is 6.07 Å². The molecule has 0 bridgehead atoms. The summed E-state index contributed by atoms with van der Waals surface area (Å²) in [6, 6.07) is 13.5. The lowest BCUT2D eigenvalue weighted by Gasteiger charge is -2.44. The van der Waals surface area contributed by atoms with Gasteiger partial charge in [0.1, 0.15) is 29.6 Å². The van der Waals surface area contributed by atoms with Crippen molar-refractivity contribution in [3.63, 3.8) is 0 Å². The summed E-state index contributed by atoms with van der Waals surface area (Å²) in [7, 11) is -1.47. The first-order chi connectivity index (χ1) is 12.5. The van der Waals surface area contributed by atoms with Gasteiger partial charge in [-0.2, -0.15) is 5.26 Å². The topological polar surface area (TPSA) is 70.4 Å². The monoisotopic (exact) mass is 408 g/mol. The lowest BCUT2D eigenvalue weighted by Crippen LogP contribution is -2.60. The summed E-state index contributed by atoms with van der Waals surface area (Å²) in [6.07, 6.45) is 0.841. The summed E-state index contributed by atoms with van der Waals surface area (Å²) >= 11 is 12.0. The first kappa shape index (κ1) is 18.9. The Morgan fingerprint density at radius 2 is 1.92 bits per heavy atom. The fourth-order valence-corrected chi connectivity index (χ4v) is 4.63. The predicted octanol–water partition coefficient (Wildman–Crippen LogP) is 3.47. The molecule has 26 heavy (non-hydrogen) atoms. The van der Waals surface area contributed by atoms with Gasteiger partial charge in [0.2, 0.25) is 0 Å². The number of nitriles is 1. The molecule has 0 aliphatic carbocycles. The number of nitrogens with zero attached hydrogens (tertiary/aromatic N) is 2. The molecule has 1 aliphatic heterocycles. The maximum atomic E-state index is 12.6. The van der Waals surface area contributed by atoms with Crippen LogP contribution in [0.3, 0.4) is 0 Å². The van der Waals surface area contributed by atoms with Crippen LogP contribution in [0.5, 0.6) is 5.75 Å². The number of halogens is 2. The largest absolute Gasteiger partial charge is 0.492 e. The zero-order chi connectivity index (χ0) is 18.7. The number of aldehydes is 1. The molecule has 1 heterocycles. The van der Waals surface area contributed by atoms with Crippen LogP contribution in [-0.2, 0) is 15.8 Å². The number of hydrogen-bond acceptors (Lipinski definition) is 4. The third-order valence-electron chi connectivity index (χ3n) is 4.06. The van der Waals surface area contributed by atoms with Gasteiger partial charge in [0.15, 0.2) is 0 Å². The molecule has 1 atom stereocenters. The molecule has 0 saturated carbocycles. The highest BCUT2D eigenvalue weighted by atomic mass is 35.5. The normalized spacial score (nSPS) is 17.0. The van der Waals surface area contributed by atoms with Crippen molar-refractivity contribution in [1.29, 1.82) is 5.26 Å². The summed E-state index contributed by atoms with van der Waals surface area (Å²) in [5, 5.41) is 9.59. The minimum absolute atomic E-state index is 0.171. The van der Waals surface area contributed by atoms with E-state index >= 15 is 0 Å². The van der Waals surface area contributed by atoms with Crippen molar-refractivity contribution in [3.05, 3.63) is 58.1 Å². The Labute approximate surface area is 163 Å². The summed E-state index contributed by atoms with van der Waals surface area (Å²) in [6.45, 7) is 0.779. The maximum absolute atomic E-state index is 12.6. The molecule has 2 aromatic carbocycles. The molecule has 0 aromatic heterocycles. The molecule has 0 amide bonds. The van der Waals surface area contributed by atoms with Crippen LogP contribution in [0.15, 0.2) is 47.4 Å². The van der Waals surface area contributed by atoms with E-state index < -0.39 is 16.4 Å². The highest BCUT2D eigenvalue weighted by Gasteiger charge is 2.47. The second-order valence-electron chi connectivity index (χ2n) is 6.03. The molecule has 134 valence electrons. The molecule has 0 radical (unpaired) electrons. The van der Waals surface area contributed by atoms with Crippen molar-refractivity contribution >= 4 is 40.5 Å². The SMILES string of the molecule is N#Cc1ccc(OCC2(C=O)CN(S(=O)c3ccc(Cl)cc3Cl)C2)cc1. The van der Waals surface area contributed by atoms with Gasteiger partial charge in [-0.25, -0.2) is 8.51 Å². The van der Waals surface area contributed by atoms with Crippen LogP contribution in [-0.4, -0.2) is 34.5 Å². The van der Waals surface area contributed by atoms with E-state index in [1.54, 1.807) is 40.7 Å². The number of carbonyl (C=O) groups is 1. The number of hydrogen-bond donors (Lipinski definition) is 0. The highest BCUT2D eigenvalue weighted by Crippen LogP contribution is 2.34. The van der Waals surface area contributed by atoms with E-state index in [9.17, 15) is 9.00 Å². The molecule has 1 aliphatic rings. The smallest absolute Gasteiger partial charge is 0.132 e. The molecule has 1 unspecified atom stereocenters. The van der Waals surface area contributed by atoms with Gasteiger partial charge in [-0.3, -0.25) is 0 Å². The minimum Gasteiger partial charge on any atom is -0.492 e. The lowest BCUT2D eigenvalue weighted by molar-refractivity contribution is -0.124. The van der Waals surface area contributed by atoms with Gasteiger partial charge in [-0.1, -0.05) is 23.2 Å². The summed E-state index contributed by atoms with van der Waals surface area (Å²) in [5.74, 6) is 0.575. The molecule has 2 aromatic rings. The van der Waals surface area contributed by atoms with Crippen LogP contribution in [0.2, 0.25) is 10.0 Å². The molecular weight excluding hydrogens is 395 g/mol. The van der Waals surface area contributed by atoms with Crippen molar-refractivity contribution in [1.82, 2.24) is 4.31 Å². The van der Waals surface area contributed by atoms with Crippen molar-refractivity contribution in [2.45, 2.75) is 4.90 Å². The van der Waals surface area contributed by atoms with Gasteiger partial charge in [0.25, 0.3) is 0 Å². The quantitative estimate of drug-likeness (QED) is 0.686. The van der Waals surface area contributed by atoms with Gasteiger partial charge in [-0.05, 0) is 42.5 Å². The molecule has 8 heteroatoms. The van der Waals surface area contributed by atoms with Crippen LogP contribution in [0.4, 0.5) is 0 Å². The standard InChI is InChI=1S/C18H14Cl2N2O3S/c19-14-3-6-17(16(20)7-14)26(24)22-9-18(10-22,11-23)12-25-15-4-1-13(8-21)2-5-15/h1-7,11H,9-10,12H2. The molecule has 1 saturated heterocycles. The van der Waals surface area contributed by atoms with Crippen LogP contribution in [0.25, 0.3) is 0 Å². The molecule has 5 nitrogen and oxygen atoms in total. The number of benzene rings is 2. The Balaban J connectivity index is 1.62. The Morgan fingerprint density at radius 3 is 2.50 bits per heavy atom. The number of carbonyl (C=O) groups excluding carboxylic acids is 1. The molecule has 3 rings (SSSR count). The van der Waals surface area contributed by atoms with Crippen LogP contribution >= 0.6 is 23.2 Å². The minimum atomic E-state index is -1.47. The molecule has 1 fully saturated rings. The average Bonchev–Trinajstić information content (AvgIpc) is 2.61. The van der Waals surface area contributed by atoms with E-state index in [-0.39, 0.29) is 6.61 Å². The maximum Gasteiger partial charge on any atom is 0.132 e. The first-order valence-electron chi connectivity index (χ1n) is 7.67. The summed E-state index contributed by atoms with van der Waals surface area (Å²) in [4.78, 5) is 12.0. The van der Waals surface area contributed by atoms with Crippen molar-refractivity contribution < 1.29 is 13.7 Å². The van der Waals surface area contributed by atoms with E-state index in [1.807, 2.05) is 6.07 Å². The zero-order valence-electron chi connectivity index (χ0n) is 13.5. The van der Waals surface area contributed by atoms with Gasteiger partial charge in [-0.15, -0.1) is 0 Å². The third kappa shape index (κ3) is 3.92. The number of rotatable bonds is 6. The molecule has 0 spiro atoms. The average molecular weight is 409 g/mol. The fourth-order valence-electron chi connectivity index (χ4n) is 2.58. The summed E-state index contributed by atoms with van der Waals surface area (Å²) in [5.41, 5.74) is -0.185. The van der Waals surface area contributed by atoms with Crippen molar-refractivity contribution in [3.8, 4) is 11.8 Å². The highest BCUT2D eigenvalue weighted by molar-refractivity contribution is 7.82. The third-order valence-corrected chi connectivity index (χ3v) is 6.18. The Morgan fingerprint density at radius 1 is 1.23 bits per heavy atom. The lowest BCUT2D eigenvalue weighted by atomic mass is 9.84. The van der Waals surface area contributed by atoms with E-state index in [0.29, 0.717) is 39.3 Å². The molecular formula is C18H14Cl2N2O3S. The second-order valence-corrected chi connectivity index (χ2v) is 8.33.